The van der Waals surface area contributed by atoms with E-state index in [9.17, 15) is 7.77 Å². The summed E-state index contributed by atoms with van der Waals surface area (Å²) >= 11 is 0. The number of rotatable bonds is 0. The number of hydrogen-bond donors (Lipinski definition) is 1. The van der Waals surface area contributed by atoms with Crippen molar-refractivity contribution in [3.05, 3.63) is 0 Å². The van der Waals surface area contributed by atoms with Crippen molar-refractivity contribution in [2.24, 2.45) is 0 Å². The largest absolute Gasteiger partial charge is 1.00 e. The standard InChI is InChI=1S/F2H2O2S.K/c1-5(2,3)4;/h5H,(H,3,4);/q;+1/p-1. The maximum absolute atomic E-state index is 10.0. The molecule has 0 N–H and O–H groups in total. The topological polar surface area (TPSA) is 40.1 Å². The monoisotopic (exact) mass is 142 g/mol. The summed E-state index contributed by atoms with van der Waals surface area (Å²) < 4.78 is 36.7. The molecule has 0 aromatic heterocycles. The van der Waals surface area contributed by atoms with Crippen molar-refractivity contribution in [1.82, 2.24) is 0 Å². The summed E-state index contributed by atoms with van der Waals surface area (Å²) in [5.74, 6) is 0. The number of hydrogen-bond acceptors (Lipinski definition) is 2. The Labute approximate surface area is 77.6 Å². The van der Waals surface area contributed by atoms with Crippen LogP contribution < -0.4 is 51.4 Å². The Morgan fingerprint density at radius 2 is 1.50 bits per heavy atom. The van der Waals surface area contributed by atoms with Crippen LogP contribution in [0.4, 0.5) is 7.77 Å². The van der Waals surface area contributed by atoms with Crippen LogP contribution in [0, 0.1) is 0 Å². The van der Waals surface area contributed by atoms with Crippen LogP contribution in [0.5, 0.6) is 0 Å². The summed E-state index contributed by atoms with van der Waals surface area (Å²) in [6.07, 6.45) is 0. The maximum atomic E-state index is 10.0. The SMILES string of the molecule is O=[SH]([O-])(F)F.[K+]. The fraction of sp³-hybridized carbons (Fsp3) is 0. The van der Waals surface area contributed by atoms with Crippen LogP contribution >= 0.6 is 0 Å². The molecular formula is HF2KO2S. The minimum Gasteiger partial charge on any atom is -0.722 e. The average molecular weight is 142 g/mol. The van der Waals surface area contributed by atoms with Crippen LogP contribution in [0.25, 0.3) is 0 Å². The van der Waals surface area contributed by atoms with Crippen LogP contribution in [0.2, 0.25) is 0 Å². The molecule has 0 saturated carbocycles. The van der Waals surface area contributed by atoms with E-state index < -0.39 is 11.0 Å². The summed E-state index contributed by atoms with van der Waals surface area (Å²) in [7, 11) is -5.89. The van der Waals surface area contributed by atoms with E-state index in [4.69, 9.17) is 8.76 Å². The Bertz CT molecular complexity index is 57.7. The Balaban J connectivity index is 0. The molecule has 0 atom stereocenters. The van der Waals surface area contributed by atoms with Gasteiger partial charge in [-0.3, -0.25) is 0 Å². The Kier molecular flexibility index (Phi) is 6.32. The summed E-state index contributed by atoms with van der Waals surface area (Å²) in [5.41, 5.74) is 0. The van der Waals surface area contributed by atoms with Gasteiger partial charge in [0, 0.05) is 0 Å². The van der Waals surface area contributed by atoms with Gasteiger partial charge in [0.25, 0.3) is 0 Å². The summed E-state index contributed by atoms with van der Waals surface area (Å²) in [5, 5.41) is 0. The molecule has 0 rings (SSSR count). The summed E-state index contributed by atoms with van der Waals surface area (Å²) in [4.78, 5) is 0. The van der Waals surface area contributed by atoms with E-state index in [1.165, 1.54) is 0 Å². The normalized spacial score (nSPS) is 12.5. The van der Waals surface area contributed by atoms with E-state index in [0.29, 0.717) is 0 Å². The van der Waals surface area contributed by atoms with Crippen molar-refractivity contribution >= 4 is 11.0 Å². The Hall–Kier alpha value is 1.61. The van der Waals surface area contributed by atoms with Gasteiger partial charge in [-0.15, -0.1) is 7.77 Å². The average Bonchev–Trinajstić information content (AvgIpc) is 0.722. The molecule has 0 heterocycles. The second-order valence-corrected chi connectivity index (χ2v) is 1.24. The van der Waals surface area contributed by atoms with Crippen LogP contribution in [0.3, 0.4) is 0 Å². The molecule has 0 aliphatic heterocycles. The fourth-order valence-electron chi connectivity index (χ4n) is 0. The molecular weight excluding hydrogens is 141 g/mol. The molecule has 0 fully saturated rings. The molecule has 6 heavy (non-hydrogen) atoms. The van der Waals surface area contributed by atoms with Gasteiger partial charge in [-0.1, -0.05) is 11.0 Å². The van der Waals surface area contributed by atoms with Crippen molar-refractivity contribution in [3.63, 3.8) is 0 Å². The van der Waals surface area contributed by atoms with Crippen LogP contribution in [0.1, 0.15) is 0 Å². The predicted octanol–water partition coefficient (Wildman–Crippen LogP) is -3.09. The van der Waals surface area contributed by atoms with Crippen molar-refractivity contribution < 1.29 is 67.9 Å². The minimum atomic E-state index is -5.89. The third-order valence-corrected chi connectivity index (χ3v) is 0. The van der Waals surface area contributed by atoms with Crippen molar-refractivity contribution in [2.75, 3.05) is 0 Å². The number of halogens is 2. The molecule has 34 valence electrons. The molecule has 0 aliphatic rings. The van der Waals surface area contributed by atoms with Gasteiger partial charge in [0.15, 0.2) is 0 Å². The molecule has 0 bridgehead atoms. The van der Waals surface area contributed by atoms with Gasteiger partial charge in [-0.05, 0) is 0 Å². The van der Waals surface area contributed by atoms with Gasteiger partial charge >= 0.3 is 51.4 Å². The first kappa shape index (κ1) is 10.6. The minimum absolute atomic E-state index is 0. The summed E-state index contributed by atoms with van der Waals surface area (Å²) in [6, 6.07) is 0. The second-order valence-electron chi connectivity index (χ2n) is 0.414. The van der Waals surface area contributed by atoms with Crippen LogP contribution in [-0.2, 0) is 11.0 Å². The predicted molar refractivity (Wildman–Crippen MR) is 12.5 cm³/mol. The van der Waals surface area contributed by atoms with E-state index in [-0.39, 0.29) is 51.4 Å². The van der Waals surface area contributed by atoms with E-state index in [1.54, 1.807) is 0 Å². The molecule has 0 amide bonds. The molecule has 0 aliphatic carbocycles. The third kappa shape index (κ3) is 46.1. The van der Waals surface area contributed by atoms with E-state index >= 15 is 0 Å². The van der Waals surface area contributed by atoms with Crippen molar-refractivity contribution in [1.29, 1.82) is 0 Å². The van der Waals surface area contributed by atoms with Gasteiger partial charge in [-0.2, -0.15) is 4.21 Å². The molecule has 6 heteroatoms. The fourth-order valence-corrected chi connectivity index (χ4v) is 0. The van der Waals surface area contributed by atoms with Gasteiger partial charge in [0.1, 0.15) is 0 Å². The molecule has 2 nitrogen and oxygen atoms in total. The smallest absolute Gasteiger partial charge is 0.722 e. The maximum Gasteiger partial charge on any atom is 1.00 e. The first-order valence-electron chi connectivity index (χ1n) is 0.703. The molecule has 0 radical (unpaired) electrons. The zero-order chi connectivity index (χ0) is 4.50. The summed E-state index contributed by atoms with van der Waals surface area (Å²) in [6.45, 7) is 0. The van der Waals surface area contributed by atoms with Crippen molar-refractivity contribution in [3.8, 4) is 0 Å². The van der Waals surface area contributed by atoms with E-state index in [1.807, 2.05) is 0 Å². The van der Waals surface area contributed by atoms with Gasteiger partial charge in [0.05, 0.1) is 0 Å². The Morgan fingerprint density at radius 3 is 1.50 bits per heavy atom. The molecule has 0 unspecified atom stereocenters. The van der Waals surface area contributed by atoms with Crippen LogP contribution in [-0.4, -0.2) is 8.76 Å². The third-order valence-electron chi connectivity index (χ3n) is 0. The first-order valence-corrected chi connectivity index (χ1v) is 2.11. The molecule has 0 aromatic carbocycles. The second kappa shape index (κ2) is 3.59. The first-order chi connectivity index (χ1) is 2.00. The van der Waals surface area contributed by atoms with Gasteiger partial charge < -0.3 is 4.55 Å². The zero-order valence-electron chi connectivity index (χ0n) is 3.02. The zero-order valence-corrected chi connectivity index (χ0v) is 7.04. The number of thiol groups is 1. The van der Waals surface area contributed by atoms with Crippen LogP contribution in [0.15, 0.2) is 0 Å². The van der Waals surface area contributed by atoms with E-state index in [2.05, 4.69) is 0 Å². The van der Waals surface area contributed by atoms with Gasteiger partial charge in [0.2, 0.25) is 0 Å². The van der Waals surface area contributed by atoms with Gasteiger partial charge in [-0.25, -0.2) is 0 Å². The Morgan fingerprint density at radius 1 is 1.50 bits per heavy atom. The molecule has 0 saturated heterocycles. The molecule has 0 spiro atoms. The van der Waals surface area contributed by atoms with Crippen molar-refractivity contribution in [2.45, 2.75) is 0 Å². The van der Waals surface area contributed by atoms with E-state index in [0.717, 1.165) is 0 Å². The molecule has 0 aromatic rings. The quantitative estimate of drug-likeness (QED) is 0.221.